The molecule has 26 heavy (non-hydrogen) atoms. The number of carbonyl (C=O) groups excluding carboxylic acids is 2. The summed E-state index contributed by atoms with van der Waals surface area (Å²) in [4.78, 5) is 25.2. The molecule has 1 aliphatic rings. The first-order valence-corrected chi connectivity index (χ1v) is 10.7. The van der Waals surface area contributed by atoms with Gasteiger partial charge in [-0.1, -0.05) is 35.9 Å². The van der Waals surface area contributed by atoms with E-state index in [0.717, 1.165) is 27.1 Å². The molecule has 0 spiro atoms. The van der Waals surface area contributed by atoms with Gasteiger partial charge in [0, 0.05) is 34.4 Å². The molecule has 1 heterocycles. The number of amides is 2. The van der Waals surface area contributed by atoms with E-state index >= 15 is 0 Å². The van der Waals surface area contributed by atoms with Crippen LogP contribution in [0.3, 0.4) is 0 Å². The van der Waals surface area contributed by atoms with Crippen LogP contribution in [0.1, 0.15) is 12.0 Å². The van der Waals surface area contributed by atoms with E-state index in [4.69, 9.17) is 11.6 Å². The molecule has 4 nitrogen and oxygen atoms in total. The predicted molar refractivity (Wildman–Crippen MR) is 110 cm³/mol. The quantitative estimate of drug-likeness (QED) is 0.677. The first-order chi connectivity index (χ1) is 12.6. The molecule has 1 atom stereocenters. The molecule has 0 unspecified atom stereocenters. The Morgan fingerprint density at radius 2 is 1.96 bits per heavy atom. The van der Waals surface area contributed by atoms with Crippen molar-refractivity contribution in [2.24, 2.45) is 0 Å². The van der Waals surface area contributed by atoms with Gasteiger partial charge in [0.2, 0.25) is 11.8 Å². The number of halogens is 1. The summed E-state index contributed by atoms with van der Waals surface area (Å²) in [6.45, 7) is 0.590. The van der Waals surface area contributed by atoms with Crippen molar-refractivity contribution in [3.8, 4) is 0 Å². The van der Waals surface area contributed by atoms with Crippen LogP contribution in [0, 0.1) is 0 Å². The van der Waals surface area contributed by atoms with E-state index in [0.29, 0.717) is 6.54 Å². The average Bonchev–Trinajstić information content (AvgIpc) is 2.63. The second kappa shape index (κ2) is 9.35. The Labute approximate surface area is 166 Å². The molecular formula is C19H19ClN2O2S2. The normalized spacial score (nSPS) is 15.9. The largest absolute Gasteiger partial charge is 0.355 e. The molecule has 0 aromatic heterocycles. The third-order valence-electron chi connectivity index (χ3n) is 3.83. The number of nitrogens with one attached hydrogen (secondary N) is 2. The maximum Gasteiger partial charge on any atom is 0.238 e. The maximum atomic E-state index is 12.1. The molecule has 2 N–H and O–H groups in total. The van der Waals surface area contributed by atoms with Gasteiger partial charge in [-0.3, -0.25) is 9.59 Å². The number of rotatable bonds is 7. The van der Waals surface area contributed by atoms with Crippen molar-refractivity contribution < 1.29 is 9.59 Å². The van der Waals surface area contributed by atoms with Crippen molar-refractivity contribution in [1.82, 2.24) is 5.32 Å². The number of para-hydroxylation sites is 1. The first kappa shape index (κ1) is 19.1. The fourth-order valence-corrected chi connectivity index (χ4v) is 4.56. The summed E-state index contributed by atoms with van der Waals surface area (Å²) in [5.74, 6) is 1.50. The first-order valence-electron chi connectivity index (χ1n) is 8.27. The number of hydrogen-bond acceptors (Lipinski definition) is 4. The summed E-state index contributed by atoms with van der Waals surface area (Å²) >= 11 is 9.06. The molecule has 7 heteroatoms. The van der Waals surface area contributed by atoms with E-state index in [9.17, 15) is 9.59 Å². The number of carbonyl (C=O) groups is 2. The van der Waals surface area contributed by atoms with Crippen LogP contribution in [0.5, 0.6) is 0 Å². The SMILES string of the molecule is O=C(C[C@@H]1Sc2ccccc2NC1=O)NCCSCc1ccc(Cl)cc1. The minimum atomic E-state index is -0.383. The predicted octanol–water partition coefficient (Wildman–Crippen LogP) is 4.19. The maximum absolute atomic E-state index is 12.1. The van der Waals surface area contributed by atoms with Crippen LogP contribution in [0.2, 0.25) is 5.02 Å². The molecule has 0 saturated heterocycles. The monoisotopic (exact) mass is 406 g/mol. The number of hydrogen-bond donors (Lipinski definition) is 2. The Hall–Kier alpha value is -1.63. The highest BCUT2D eigenvalue weighted by molar-refractivity contribution is 8.01. The van der Waals surface area contributed by atoms with Gasteiger partial charge in [-0.15, -0.1) is 11.8 Å². The van der Waals surface area contributed by atoms with Gasteiger partial charge < -0.3 is 10.6 Å². The highest BCUT2D eigenvalue weighted by Crippen LogP contribution is 2.36. The summed E-state index contributed by atoms with van der Waals surface area (Å²) in [5, 5.41) is 6.11. The van der Waals surface area contributed by atoms with E-state index in [2.05, 4.69) is 10.6 Å². The molecule has 0 saturated carbocycles. The highest BCUT2D eigenvalue weighted by atomic mass is 35.5. The van der Waals surface area contributed by atoms with Crippen molar-refractivity contribution in [2.45, 2.75) is 22.3 Å². The Bertz CT molecular complexity index is 783. The van der Waals surface area contributed by atoms with Gasteiger partial charge >= 0.3 is 0 Å². The van der Waals surface area contributed by atoms with Crippen molar-refractivity contribution in [3.63, 3.8) is 0 Å². The molecular weight excluding hydrogens is 388 g/mol. The van der Waals surface area contributed by atoms with Crippen LogP contribution in [0.25, 0.3) is 0 Å². The van der Waals surface area contributed by atoms with Gasteiger partial charge in [0.25, 0.3) is 0 Å². The Morgan fingerprint density at radius 3 is 2.77 bits per heavy atom. The Morgan fingerprint density at radius 1 is 1.19 bits per heavy atom. The second-order valence-electron chi connectivity index (χ2n) is 5.83. The smallest absolute Gasteiger partial charge is 0.238 e. The minimum absolute atomic E-state index is 0.0934. The molecule has 136 valence electrons. The average molecular weight is 407 g/mol. The highest BCUT2D eigenvalue weighted by Gasteiger charge is 2.28. The van der Waals surface area contributed by atoms with Gasteiger partial charge in [-0.05, 0) is 29.8 Å². The number of benzene rings is 2. The van der Waals surface area contributed by atoms with Crippen LogP contribution >= 0.6 is 35.1 Å². The number of fused-ring (bicyclic) bond motifs is 1. The zero-order valence-corrected chi connectivity index (χ0v) is 16.4. The molecule has 0 aliphatic carbocycles. The molecule has 2 amide bonds. The third kappa shape index (κ3) is 5.43. The lowest BCUT2D eigenvalue weighted by Gasteiger charge is -2.23. The Balaban J connectivity index is 1.36. The zero-order chi connectivity index (χ0) is 18.4. The van der Waals surface area contributed by atoms with Crippen LogP contribution < -0.4 is 10.6 Å². The summed E-state index contributed by atoms with van der Waals surface area (Å²) in [5.41, 5.74) is 2.03. The van der Waals surface area contributed by atoms with Gasteiger partial charge in [0.15, 0.2) is 0 Å². The van der Waals surface area contributed by atoms with Crippen LogP contribution in [-0.4, -0.2) is 29.4 Å². The van der Waals surface area contributed by atoms with Crippen molar-refractivity contribution in [1.29, 1.82) is 0 Å². The van der Waals surface area contributed by atoms with E-state index in [1.165, 1.54) is 17.3 Å². The van der Waals surface area contributed by atoms with Crippen LogP contribution in [-0.2, 0) is 15.3 Å². The summed E-state index contributed by atoms with van der Waals surface area (Å²) in [7, 11) is 0. The van der Waals surface area contributed by atoms with Crippen LogP contribution in [0.15, 0.2) is 53.4 Å². The fourth-order valence-electron chi connectivity index (χ4n) is 2.50. The number of anilines is 1. The summed E-state index contributed by atoms with van der Waals surface area (Å²) < 4.78 is 0. The zero-order valence-electron chi connectivity index (χ0n) is 14.0. The van der Waals surface area contributed by atoms with E-state index < -0.39 is 0 Å². The van der Waals surface area contributed by atoms with E-state index in [-0.39, 0.29) is 23.5 Å². The lowest BCUT2D eigenvalue weighted by atomic mass is 10.2. The molecule has 0 fully saturated rings. The van der Waals surface area contributed by atoms with Crippen molar-refractivity contribution in [3.05, 3.63) is 59.1 Å². The molecule has 2 aromatic rings. The van der Waals surface area contributed by atoms with Crippen molar-refractivity contribution >= 4 is 52.6 Å². The summed E-state index contributed by atoms with van der Waals surface area (Å²) in [6, 6.07) is 15.4. The molecule has 0 radical (unpaired) electrons. The second-order valence-corrected chi connectivity index (χ2v) is 8.61. The molecule has 1 aliphatic heterocycles. The lowest BCUT2D eigenvalue weighted by molar-refractivity contribution is -0.123. The van der Waals surface area contributed by atoms with Gasteiger partial charge in [0.05, 0.1) is 10.9 Å². The van der Waals surface area contributed by atoms with Gasteiger partial charge in [-0.2, -0.15) is 11.8 Å². The summed E-state index contributed by atoms with van der Waals surface area (Å²) in [6.07, 6.45) is 0.187. The Kier molecular flexibility index (Phi) is 6.88. The number of thioether (sulfide) groups is 2. The van der Waals surface area contributed by atoms with Crippen molar-refractivity contribution in [2.75, 3.05) is 17.6 Å². The van der Waals surface area contributed by atoms with Gasteiger partial charge in [0.1, 0.15) is 0 Å². The lowest BCUT2D eigenvalue weighted by Crippen LogP contribution is -2.35. The van der Waals surface area contributed by atoms with Gasteiger partial charge in [-0.25, -0.2) is 0 Å². The standard InChI is InChI=1S/C19H19ClN2O2S2/c20-14-7-5-13(6-8-14)12-25-10-9-21-18(23)11-17-19(24)22-15-3-1-2-4-16(15)26-17/h1-8,17H,9-12H2,(H,21,23)(H,22,24)/t17-/m0/s1. The molecule has 3 rings (SSSR count). The molecule has 2 aromatic carbocycles. The third-order valence-corrected chi connectivity index (χ3v) is 6.39. The minimum Gasteiger partial charge on any atom is -0.355 e. The molecule has 0 bridgehead atoms. The fraction of sp³-hybridized carbons (Fsp3) is 0.263. The van der Waals surface area contributed by atoms with E-state index in [1.54, 1.807) is 11.8 Å². The van der Waals surface area contributed by atoms with E-state index in [1.807, 2.05) is 48.5 Å². The van der Waals surface area contributed by atoms with Crippen LogP contribution in [0.4, 0.5) is 5.69 Å². The topological polar surface area (TPSA) is 58.2 Å².